The van der Waals surface area contributed by atoms with Crippen LogP contribution in [-0.4, -0.2) is 22.0 Å². The molecule has 2 rings (SSSR count). The molecule has 1 amide bonds. The third-order valence-electron chi connectivity index (χ3n) is 2.76. The van der Waals surface area contributed by atoms with Gasteiger partial charge in [-0.25, -0.2) is 4.98 Å². The van der Waals surface area contributed by atoms with Crippen LogP contribution in [0.2, 0.25) is 0 Å². The number of amides is 1. The molecule has 1 aliphatic heterocycles. The van der Waals surface area contributed by atoms with Gasteiger partial charge in [0, 0.05) is 37.3 Å². The first-order valence-corrected chi connectivity index (χ1v) is 5.19. The topological polar surface area (TPSA) is 46.9 Å². The second-order valence-electron chi connectivity index (χ2n) is 3.80. The van der Waals surface area contributed by atoms with Gasteiger partial charge in [0.15, 0.2) is 0 Å². The molecule has 15 heavy (non-hydrogen) atoms. The van der Waals surface area contributed by atoms with E-state index in [4.69, 9.17) is 0 Å². The monoisotopic (exact) mass is 205 g/mol. The van der Waals surface area contributed by atoms with E-state index in [2.05, 4.69) is 21.4 Å². The molecule has 0 saturated carbocycles. The zero-order valence-corrected chi connectivity index (χ0v) is 8.65. The summed E-state index contributed by atoms with van der Waals surface area (Å²) in [4.78, 5) is 15.8. The third kappa shape index (κ3) is 2.09. The highest BCUT2D eigenvalue weighted by atomic mass is 16.1. The Hall–Kier alpha value is -1.58. The van der Waals surface area contributed by atoms with Crippen molar-refractivity contribution in [2.75, 3.05) is 6.54 Å². The Morgan fingerprint density at radius 1 is 1.80 bits per heavy atom. The van der Waals surface area contributed by atoms with Gasteiger partial charge in [0.1, 0.15) is 0 Å². The molecule has 0 fully saturated rings. The number of carbonyl (C=O) groups excluding carboxylic acids is 1. The first-order valence-electron chi connectivity index (χ1n) is 5.19. The van der Waals surface area contributed by atoms with Crippen LogP contribution >= 0.6 is 0 Å². The average Bonchev–Trinajstić information content (AvgIpc) is 2.72. The first-order chi connectivity index (χ1) is 7.31. The Kier molecular flexibility index (Phi) is 2.85. The maximum absolute atomic E-state index is 11.7. The van der Waals surface area contributed by atoms with E-state index in [1.165, 1.54) is 0 Å². The largest absolute Gasteiger partial charge is 0.352 e. The molecule has 1 aromatic heterocycles. The molecule has 0 spiro atoms. The van der Waals surface area contributed by atoms with Crippen molar-refractivity contribution in [1.29, 1.82) is 0 Å². The van der Waals surface area contributed by atoms with Crippen molar-refractivity contribution in [2.24, 2.45) is 5.92 Å². The maximum atomic E-state index is 11.7. The normalized spacial score (nSPS) is 19.3. The van der Waals surface area contributed by atoms with Crippen LogP contribution < -0.4 is 5.32 Å². The summed E-state index contributed by atoms with van der Waals surface area (Å²) in [5.41, 5.74) is 1.15. The molecule has 1 unspecified atom stereocenters. The SMILES string of the molecule is C=CCNC(=O)C1CCn2cncc2C1. The molecule has 0 aromatic carbocycles. The summed E-state index contributed by atoms with van der Waals surface area (Å²) in [6.07, 6.45) is 7.06. The van der Waals surface area contributed by atoms with Gasteiger partial charge in [-0.3, -0.25) is 4.79 Å². The number of nitrogens with zero attached hydrogens (tertiary/aromatic N) is 2. The van der Waals surface area contributed by atoms with Crippen molar-refractivity contribution in [3.8, 4) is 0 Å². The quantitative estimate of drug-likeness (QED) is 0.740. The highest BCUT2D eigenvalue weighted by Gasteiger charge is 2.24. The molecule has 2 heterocycles. The lowest BCUT2D eigenvalue weighted by Crippen LogP contribution is -2.35. The molecule has 1 N–H and O–H groups in total. The molecule has 1 aromatic rings. The molecular formula is C11H15N3O. The Bertz CT molecular complexity index is 370. The predicted molar refractivity (Wildman–Crippen MR) is 57.2 cm³/mol. The second-order valence-corrected chi connectivity index (χ2v) is 3.80. The van der Waals surface area contributed by atoms with Crippen molar-refractivity contribution in [1.82, 2.24) is 14.9 Å². The molecular weight excluding hydrogens is 190 g/mol. The maximum Gasteiger partial charge on any atom is 0.223 e. The number of carbonyl (C=O) groups is 1. The van der Waals surface area contributed by atoms with E-state index >= 15 is 0 Å². The van der Waals surface area contributed by atoms with Crippen molar-refractivity contribution in [2.45, 2.75) is 19.4 Å². The predicted octanol–water partition coefficient (Wildman–Crippen LogP) is 0.748. The van der Waals surface area contributed by atoms with Crippen molar-refractivity contribution < 1.29 is 4.79 Å². The summed E-state index contributed by atoms with van der Waals surface area (Å²) < 4.78 is 2.11. The molecule has 4 nitrogen and oxygen atoms in total. The lowest BCUT2D eigenvalue weighted by Gasteiger charge is -2.22. The van der Waals surface area contributed by atoms with Gasteiger partial charge in [0.2, 0.25) is 5.91 Å². The molecule has 0 saturated heterocycles. The Balaban J connectivity index is 1.97. The summed E-state index contributed by atoms with van der Waals surface area (Å²) in [6.45, 7) is 5.02. The van der Waals surface area contributed by atoms with Crippen LogP contribution in [-0.2, 0) is 17.8 Å². The number of hydrogen-bond donors (Lipinski definition) is 1. The fraction of sp³-hybridized carbons (Fsp3) is 0.455. The van der Waals surface area contributed by atoms with Crippen molar-refractivity contribution in [3.63, 3.8) is 0 Å². The zero-order chi connectivity index (χ0) is 10.7. The molecule has 1 atom stereocenters. The van der Waals surface area contributed by atoms with Gasteiger partial charge >= 0.3 is 0 Å². The molecule has 1 aliphatic rings. The van der Waals surface area contributed by atoms with Crippen LogP contribution in [0.1, 0.15) is 12.1 Å². The van der Waals surface area contributed by atoms with Crippen LogP contribution in [0.25, 0.3) is 0 Å². The van der Waals surface area contributed by atoms with E-state index in [1.54, 1.807) is 6.08 Å². The van der Waals surface area contributed by atoms with E-state index in [0.717, 1.165) is 25.1 Å². The van der Waals surface area contributed by atoms with Gasteiger partial charge in [-0.2, -0.15) is 0 Å². The van der Waals surface area contributed by atoms with E-state index in [0.29, 0.717) is 6.54 Å². The summed E-state index contributed by atoms with van der Waals surface area (Å²) in [5, 5.41) is 2.84. The zero-order valence-electron chi connectivity index (χ0n) is 8.65. The van der Waals surface area contributed by atoms with Gasteiger partial charge in [0.25, 0.3) is 0 Å². The fourth-order valence-corrected chi connectivity index (χ4v) is 1.91. The highest BCUT2D eigenvalue weighted by Crippen LogP contribution is 2.19. The Morgan fingerprint density at radius 2 is 2.67 bits per heavy atom. The van der Waals surface area contributed by atoms with E-state index < -0.39 is 0 Å². The minimum Gasteiger partial charge on any atom is -0.352 e. The summed E-state index contributed by atoms with van der Waals surface area (Å²) in [7, 11) is 0. The standard InChI is InChI=1S/C11H15N3O/c1-2-4-13-11(15)9-3-5-14-8-12-7-10(14)6-9/h2,7-9H,1,3-6H2,(H,13,15). The van der Waals surface area contributed by atoms with E-state index in [9.17, 15) is 4.79 Å². The van der Waals surface area contributed by atoms with Crippen LogP contribution in [0, 0.1) is 5.92 Å². The molecule has 0 bridgehead atoms. The van der Waals surface area contributed by atoms with Crippen LogP contribution in [0.15, 0.2) is 25.2 Å². The van der Waals surface area contributed by atoms with Crippen molar-refractivity contribution >= 4 is 5.91 Å². The van der Waals surface area contributed by atoms with Gasteiger partial charge < -0.3 is 9.88 Å². The molecule has 4 heteroatoms. The Labute approximate surface area is 89.0 Å². The van der Waals surface area contributed by atoms with Gasteiger partial charge in [-0.05, 0) is 6.42 Å². The molecule has 0 aliphatic carbocycles. The summed E-state index contributed by atoms with van der Waals surface area (Å²) in [6, 6.07) is 0. The Morgan fingerprint density at radius 3 is 3.47 bits per heavy atom. The summed E-state index contributed by atoms with van der Waals surface area (Å²) >= 11 is 0. The lowest BCUT2D eigenvalue weighted by molar-refractivity contribution is -0.125. The number of hydrogen-bond acceptors (Lipinski definition) is 2. The second kappa shape index (κ2) is 4.29. The minimum atomic E-state index is 0.0918. The highest BCUT2D eigenvalue weighted by molar-refractivity contribution is 5.79. The van der Waals surface area contributed by atoms with Crippen molar-refractivity contribution in [3.05, 3.63) is 30.9 Å². The first kappa shape index (κ1) is 9.96. The van der Waals surface area contributed by atoms with E-state index in [1.807, 2.05) is 12.5 Å². The van der Waals surface area contributed by atoms with E-state index in [-0.39, 0.29) is 11.8 Å². The van der Waals surface area contributed by atoms with Gasteiger partial charge in [0.05, 0.1) is 6.33 Å². The van der Waals surface area contributed by atoms with Crippen LogP contribution in [0.4, 0.5) is 0 Å². The number of aromatic nitrogens is 2. The lowest BCUT2D eigenvalue weighted by atomic mass is 9.95. The number of fused-ring (bicyclic) bond motifs is 1. The smallest absolute Gasteiger partial charge is 0.223 e. The summed E-state index contributed by atoms with van der Waals surface area (Å²) in [5.74, 6) is 0.219. The third-order valence-corrected chi connectivity index (χ3v) is 2.76. The fourth-order valence-electron chi connectivity index (χ4n) is 1.91. The van der Waals surface area contributed by atoms with Crippen LogP contribution in [0.3, 0.4) is 0 Å². The number of imidazole rings is 1. The number of nitrogens with one attached hydrogen (secondary N) is 1. The van der Waals surface area contributed by atoms with Crippen LogP contribution in [0.5, 0.6) is 0 Å². The van der Waals surface area contributed by atoms with Gasteiger partial charge in [-0.15, -0.1) is 6.58 Å². The number of rotatable bonds is 3. The molecule has 0 radical (unpaired) electrons. The average molecular weight is 205 g/mol. The van der Waals surface area contributed by atoms with Gasteiger partial charge in [-0.1, -0.05) is 6.08 Å². The number of aryl methyl sites for hydroxylation is 1. The molecule has 80 valence electrons. The minimum absolute atomic E-state index is 0.0918.